The molecule has 5 aromatic rings. The van der Waals surface area contributed by atoms with Crippen LogP contribution in [-0.4, -0.2) is 27.1 Å². The first kappa shape index (κ1) is 22.8. The molecule has 0 bridgehead atoms. The summed E-state index contributed by atoms with van der Waals surface area (Å²) in [5.41, 5.74) is 7.23. The number of hydrogen-bond donors (Lipinski definition) is 2. The zero-order valence-electron chi connectivity index (χ0n) is 20.3. The van der Waals surface area contributed by atoms with Crippen LogP contribution in [0.15, 0.2) is 91.4 Å². The molecule has 2 N–H and O–H groups in total. The Labute approximate surface area is 205 Å². The third kappa shape index (κ3) is 4.81. The predicted molar refractivity (Wildman–Crippen MR) is 142 cm³/mol. The monoisotopic (exact) mass is 462 g/mol. The molecule has 0 aliphatic heterocycles. The quantitative estimate of drug-likeness (QED) is 0.270. The molecule has 2 heterocycles. The molecular formula is C30H30N4O. The average molecular weight is 463 g/mol. The van der Waals surface area contributed by atoms with Crippen LogP contribution >= 0.6 is 0 Å². The summed E-state index contributed by atoms with van der Waals surface area (Å²) in [6.45, 7) is 4.98. The SMILES string of the molecule is Cc1ccc([C@H](C)CN[C@@H](C(=O)c2c[nH]c3cc(-c4cnn(C)c4)ccc23)c2ccccc2)cc1. The third-order valence-electron chi connectivity index (χ3n) is 6.66. The lowest BCUT2D eigenvalue weighted by atomic mass is 9.94. The highest BCUT2D eigenvalue weighted by Gasteiger charge is 2.25. The van der Waals surface area contributed by atoms with E-state index in [-0.39, 0.29) is 11.7 Å². The Morgan fingerprint density at radius 1 is 1.00 bits per heavy atom. The van der Waals surface area contributed by atoms with Crippen LogP contribution in [-0.2, 0) is 7.05 Å². The van der Waals surface area contributed by atoms with Gasteiger partial charge in [0.25, 0.3) is 0 Å². The van der Waals surface area contributed by atoms with Crippen molar-refractivity contribution in [3.63, 3.8) is 0 Å². The van der Waals surface area contributed by atoms with Gasteiger partial charge in [-0.15, -0.1) is 0 Å². The lowest BCUT2D eigenvalue weighted by Gasteiger charge is -2.21. The molecule has 0 saturated carbocycles. The minimum atomic E-state index is -0.430. The molecule has 2 atom stereocenters. The Morgan fingerprint density at radius 3 is 2.49 bits per heavy atom. The minimum Gasteiger partial charge on any atom is -0.360 e. The van der Waals surface area contributed by atoms with Crippen molar-refractivity contribution in [1.29, 1.82) is 0 Å². The molecule has 0 amide bonds. The maximum absolute atomic E-state index is 13.9. The Morgan fingerprint density at radius 2 is 1.77 bits per heavy atom. The van der Waals surface area contributed by atoms with Crippen molar-refractivity contribution in [2.24, 2.45) is 7.05 Å². The van der Waals surface area contributed by atoms with Crippen LogP contribution in [0.1, 0.15) is 45.9 Å². The van der Waals surface area contributed by atoms with E-state index in [0.717, 1.165) is 27.6 Å². The molecule has 0 spiro atoms. The van der Waals surface area contributed by atoms with Crippen molar-refractivity contribution < 1.29 is 4.79 Å². The van der Waals surface area contributed by atoms with Gasteiger partial charge in [-0.3, -0.25) is 9.48 Å². The van der Waals surface area contributed by atoms with Gasteiger partial charge in [-0.25, -0.2) is 0 Å². The summed E-state index contributed by atoms with van der Waals surface area (Å²) < 4.78 is 1.79. The Bertz CT molecular complexity index is 1450. The van der Waals surface area contributed by atoms with Crippen molar-refractivity contribution >= 4 is 16.7 Å². The number of carbonyl (C=O) groups is 1. The molecular weight excluding hydrogens is 432 g/mol. The molecule has 2 aromatic heterocycles. The molecule has 5 nitrogen and oxygen atoms in total. The van der Waals surface area contributed by atoms with E-state index in [1.54, 1.807) is 4.68 Å². The van der Waals surface area contributed by atoms with E-state index in [1.165, 1.54) is 11.1 Å². The zero-order valence-corrected chi connectivity index (χ0v) is 20.3. The number of aromatic nitrogens is 3. The lowest BCUT2D eigenvalue weighted by molar-refractivity contribution is 0.0944. The van der Waals surface area contributed by atoms with Gasteiger partial charge in [-0.1, -0.05) is 79.2 Å². The summed E-state index contributed by atoms with van der Waals surface area (Å²) in [6, 6.07) is 24.3. The topological polar surface area (TPSA) is 62.7 Å². The average Bonchev–Trinajstić information content (AvgIpc) is 3.51. The van der Waals surface area contributed by atoms with Crippen molar-refractivity contribution in [1.82, 2.24) is 20.1 Å². The second-order valence-electron chi connectivity index (χ2n) is 9.29. The van der Waals surface area contributed by atoms with Gasteiger partial charge in [-0.2, -0.15) is 5.10 Å². The van der Waals surface area contributed by atoms with E-state index in [9.17, 15) is 4.79 Å². The number of aryl methyl sites for hydroxylation is 2. The highest BCUT2D eigenvalue weighted by atomic mass is 16.1. The van der Waals surface area contributed by atoms with Crippen LogP contribution in [0.4, 0.5) is 0 Å². The van der Waals surface area contributed by atoms with Crippen molar-refractivity contribution in [2.75, 3.05) is 6.54 Å². The minimum absolute atomic E-state index is 0.0627. The molecule has 0 radical (unpaired) electrons. The second kappa shape index (κ2) is 9.72. The summed E-state index contributed by atoms with van der Waals surface area (Å²) in [5.74, 6) is 0.340. The normalized spacial score (nSPS) is 13.1. The largest absolute Gasteiger partial charge is 0.360 e. The number of hydrogen-bond acceptors (Lipinski definition) is 3. The van der Waals surface area contributed by atoms with Gasteiger partial charge in [-0.05, 0) is 35.6 Å². The highest BCUT2D eigenvalue weighted by molar-refractivity contribution is 6.11. The van der Waals surface area contributed by atoms with Gasteiger partial charge in [0.15, 0.2) is 5.78 Å². The summed E-state index contributed by atoms with van der Waals surface area (Å²) in [7, 11) is 1.91. The maximum Gasteiger partial charge on any atom is 0.186 e. The predicted octanol–water partition coefficient (Wildman–Crippen LogP) is 6.19. The van der Waals surface area contributed by atoms with Crippen LogP contribution in [0.2, 0.25) is 0 Å². The van der Waals surface area contributed by atoms with E-state index in [4.69, 9.17) is 0 Å². The molecule has 35 heavy (non-hydrogen) atoms. The summed E-state index contributed by atoms with van der Waals surface area (Å²) >= 11 is 0. The first-order chi connectivity index (χ1) is 17.0. The van der Waals surface area contributed by atoms with Crippen molar-refractivity contribution in [3.8, 4) is 11.1 Å². The first-order valence-electron chi connectivity index (χ1n) is 12.0. The highest BCUT2D eigenvalue weighted by Crippen LogP contribution is 2.29. The van der Waals surface area contributed by atoms with Crippen molar-refractivity contribution in [2.45, 2.75) is 25.8 Å². The number of fused-ring (bicyclic) bond motifs is 1. The summed E-state index contributed by atoms with van der Waals surface area (Å²) in [6.07, 6.45) is 5.67. The van der Waals surface area contributed by atoms with Gasteiger partial charge in [0.05, 0.1) is 12.2 Å². The number of nitrogens with zero attached hydrogens (tertiary/aromatic N) is 2. The number of aromatic amines is 1. The Kier molecular flexibility index (Phi) is 6.34. The Balaban J connectivity index is 1.42. The molecule has 0 saturated heterocycles. The fraction of sp³-hybridized carbons (Fsp3) is 0.200. The van der Waals surface area contributed by atoms with Crippen LogP contribution in [0.25, 0.3) is 22.0 Å². The summed E-state index contributed by atoms with van der Waals surface area (Å²) in [5, 5.41) is 8.76. The van der Waals surface area contributed by atoms with Gasteiger partial charge < -0.3 is 10.3 Å². The lowest BCUT2D eigenvalue weighted by Crippen LogP contribution is -2.31. The number of H-pyrrole nitrogens is 1. The number of carbonyl (C=O) groups excluding carboxylic acids is 1. The molecule has 0 unspecified atom stereocenters. The van der Waals surface area contributed by atoms with Crippen LogP contribution in [0.5, 0.6) is 0 Å². The fourth-order valence-corrected chi connectivity index (χ4v) is 4.55. The van der Waals surface area contributed by atoms with Crippen LogP contribution < -0.4 is 5.32 Å². The van der Waals surface area contributed by atoms with E-state index in [1.807, 2.05) is 68.1 Å². The first-order valence-corrected chi connectivity index (χ1v) is 12.0. The van der Waals surface area contributed by atoms with Crippen LogP contribution in [0, 0.1) is 6.92 Å². The molecule has 0 aliphatic rings. The number of rotatable bonds is 8. The molecule has 5 heteroatoms. The summed E-state index contributed by atoms with van der Waals surface area (Å²) in [4.78, 5) is 17.2. The second-order valence-corrected chi connectivity index (χ2v) is 9.29. The standard InChI is InChI=1S/C30H30N4O/c1-20-9-11-22(12-10-20)21(2)16-32-29(23-7-5-4-6-8-23)30(35)27-18-31-28-15-24(13-14-26(27)28)25-17-33-34(3)19-25/h4-15,17-19,21,29,31-32H,16H2,1-3H3/t21-,29-/m1/s1. The molecule has 0 fully saturated rings. The smallest absolute Gasteiger partial charge is 0.186 e. The van der Waals surface area contributed by atoms with E-state index >= 15 is 0 Å². The number of nitrogens with one attached hydrogen (secondary N) is 2. The zero-order chi connectivity index (χ0) is 24.4. The van der Waals surface area contributed by atoms with Gasteiger partial charge in [0.1, 0.15) is 0 Å². The van der Waals surface area contributed by atoms with Crippen molar-refractivity contribution in [3.05, 3.63) is 114 Å². The van der Waals surface area contributed by atoms with E-state index < -0.39 is 6.04 Å². The van der Waals surface area contributed by atoms with Gasteiger partial charge >= 0.3 is 0 Å². The fourth-order valence-electron chi connectivity index (χ4n) is 4.55. The third-order valence-corrected chi connectivity index (χ3v) is 6.66. The van der Waals surface area contributed by atoms with Gasteiger partial charge in [0.2, 0.25) is 0 Å². The number of benzene rings is 3. The Hall–Kier alpha value is -3.96. The van der Waals surface area contributed by atoms with Crippen LogP contribution in [0.3, 0.4) is 0 Å². The molecule has 176 valence electrons. The van der Waals surface area contributed by atoms with E-state index in [2.05, 4.69) is 59.6 Å². The van der Waals surface area contributed by atoms with E-state index in [0.29, 0.717) is 12.1 Å². The maximum atomic E-state index is 13.9. The molecule has 3 aromatic carbocycles. The number of Topliss-reactive ketones (excluding diaryl/α,β-unsaturated/α-hetero) is 1. The van der Waals surface area contributed by atoms with Gasteiger partial charge in [0, 0.05) is 48.0 Å². The molecule has 0 aliphatic carbocycles. The number of ketones is 1. The molecule has 5 rings (SSSR count).